The molecule has 2 aromatic heterocycles. The van der Waals surface area contributed by atoms with Crippen molar-refractivity contribution in [1.82, 2.24) is 24.9 Å². The SMILES string of the molecule is Cc1ccc(-n2nccn2)c(C(=O)N2CCC[C@@H](C)[C@H]2CNc2nc3ccccc3o2)c1. The van der Waals surface area contributed by atoms with Crippen LogP contribution < -0.4 is 5.32 Å². The summed E-state index contributed by atoms with van der Waals surface area (Å²) in [6, 6.07) is 14.0. The topological polar surface area (TPSA) is 89.1 Å². The molecular weight excluding hydrogens is 404 g/mol. The summed E-state index contributed by atoms with van der Waals surface area (Å²) in [6.07, 6.45) is 5.28. The van der Waals surface area contributed by atoms with E-state index in [1.54, 1.807) is 12.4 Å². The highest BCUT2D eigenvalue weighted by Gasteiger charge is 2.33. The van der Waals surface area contributed by atoms with E-state index in [0.717, 1.165) is 29.5 Å². The number of amides is 1. The molecule has 8 heteroatoms. The van der Waals surface area contributed by atoms with Gasteiger partial charge in [-0.3, -0.25) is 4.79 Å². The third-order valence-corrected chi connectivity index (χ3v) is 6.15. The van der Waals surface area contributed by atoms with Gasteiger partial charge in [0.15, 0.2) is 5.58 Å². The molecule has 1 aliphatic rings. The first kappa shape index (κ1) is 20.2. The molecule has 2 atom stereocenters. The predicted octanol–water partition coefficient (Wildman–Crippen LogP) is 4.07. The van der Waals surface area contributed by atoms with Crippen LogP contribution in [0.25, 0.3) is 16.8 Å². The van der Waals surface area contributed by atoms with Crippen LogP contribution >= 0.6 is 0 Å². The number of rotatable bonds is 5. The molecular formula is C24H26N6O2. The largest absolute Gasteiger partial charge is 0.424 e. The molecule has 0 aliphatic carbocycles. The lowest BCUT2D eigenvalue weighted by Gasteiger charge is -2.40. The quantitative estimate of drug-likeness (QED) is 0.513. The number of para-hydroxylation sites is 2. The average molecular weight is 431 g/mol. The van der Waals surface area contributed by atoms with Gasteiger partial charge < -0.3 is 14.6 Å². The Hall–Kier alpha value is -3.68. The maximum absolute atomic E-state index is 13.8. The van der Waals surface area contributed by atoms with E-state index >= 15 is 0 Å². The van der Waals surface area contributed by atoms with Crippen LogP contribution in [0.15, 0.2) is 59.3 Å². The second-order valence-corrected chi connectivity index (χ2v) is 8.39. The Morgan fingerprint density at radius 1 is 1.19 bits per heavy atom. The van der Waals surface area contributed by atoms with Crippen LogP contribution in [0, 0.1) is 12.8 Å². The highest BCUT2D eigenvalue weighted by molar-refractivity contribution is 5.98. The molecule has 0 unspecified atom stereocenters. The summed E-state index contributed by atoms with van der Waals surface area (Å²) in [5.74, 6) is 0.345. The number of hydrogen-bond donors (Lipinski definition) is 1. The van der Waals surface area contributed by atoms with Crippen molar-refractivity contribution in [2.24, 2.45) is 5.92 Å². The van der Waals surface area contributed by atoms with Crippen LogP contribution in [-0.4, -0.2) is 49.9 Å². The normalized spacial score (nSPS) is 18.8. The van der Waals surface area contributed by atoms with Crippen molar-refractivity contribution in [2.45, 2.75) is 32.7 Å². The van der Waals surface area contributed by atoms with Gasteiger partial charge in [0.2, 0.25) is 0 Å². The van der Waals surface area contributed by atoms with E-state index in [9.17, 15) is 4.79 Å². The minimum absolute atomic E-state index is 0.00286. The minimum Gasteiger partial charge on any atom is -0.424 e. The molecule has 0 spiro atoms. The lowest BCUT2D eigenvalue weighted by molar-refractivity contribution is 0.0539. The third-order valence-electron chi connectivity index (χ3n) is 6.15. The molecule has 8 nitrogen and oxygen atoms in total. The molecule has 1 amide bonds. The maximum Gasteiger partial charge on any atom is 0.295 e. The molecule has 2 aromatic carbocycles. The van der Waals surface area contributed by atoms with Crippen LogP contribution in [0.2, 0.25) is 0 Å². The van der Waals surface area contributed by atoms with Crippen molar-refractivity contribution >= 4 is 23.0 Å². The lowest BCUT2D eigenvalue weighted by atomic mass is 9.90. The number of carbonyl (C=O) groups excluding carboxylic acids is 1. The van der Waals surface area contributed by atoms with E-state index in [0.29, 0.717) is 36.3 Å². The second-order valence-electron chi connectivity index (χ2n) is 8.39. The van der Waals surface area contributed by atoms with E-state index in [2.05, 4.69) is 27.4 Å². The van der Waals surface area contributed by atoms with Gasteiger partial charge in [0, 0.05) is 13.1 Å². The van der Waals surface area contributed by atoms with E-state index in [-0.39, 0.29) is 11.9 Å². The number of oxazole rings is 1. The molecule has 0 radical (unpaired) electrons. The summed E-state index contributed by atoms with van der Waals surface area (Å²) in [6.45, 7) is 5.47. The number of likely N-dealkylation sites (tertiary alicyclic amines) is 1. The maximum atomic E-state index is 13.8. The molecule has 4 aromatic rings. The van der Waals surface area contributed by atoms with Gasteiger partial charge in [-0.1, -0.05) is 30.7 Å². The first-order valence-electron chi connectivity index (χ1n) is 11.0. The fourth-order valence-electron chi connectivity index (χ4n) is 4.44. The number of carbonyl (C=O) groups is 1. The standard InChI is InChI=1S/C24H26N6O2/c1-16-9-10-20(30-26-11-12-27-30)18(14-16)23(31)29-13-5-6-17(2)21(29)15-25-24-28-19-7-3-4-8-22(19)32-24/h3-4,7-12,14,17,21H,5-6,13,15H2,1-2H3,(H,25,28)/t17-,21-/m1/s1. The van der Waals surface area contributed by atoms with Crippen molar-refractivity contribution in [3.63, 3.8) is 0 Å². The lowest BCUT2D eigenvalue weighted by Crippen LogP contribution is -2.51. The molecule has 164 valence electrons. The fourth-order valence-corrected chi connectivity index (χ4v) is 4.44. The Morgan fingerprint density at radius 2 is 2.00 bits per heavy atom. The van der Waals surface area contributed by atoms with Gasteiger partial charge in [0.25, 0.3) is 11.9 Å². The fraction of sp³-hybridized carbons (Fsp3) is 0.333. The average Bonchev–Trinajstić information content (AvgIpc) is 3.47. The Balaban J connectivity index is 1.41. The Kier molecular flexibility index (Phi) is 5.34. The van der Waals surface area contributed by atoms with Crippen molar-refractivity contribution in [2.75, 3.05) is 18.4 Å². The summed E-state index contributed by atoms with van der Waals surface area (Å²) < 4.78 is 5.81. The van der Waals surface area contributed by atoms with E-state index < -0.39 is 0 Å². The first-order valence-corrected chi connectivity index (χ1v) is 11.0. The van der Waals surface area contributed by atoms with Crippen LogP contribution in [0.4, 0.5) is 6.01 Å². The van der Waals surface area contributed by atoms with Gasteiger partial charge in [-0.25, -0.2) is 0 Å². The summed E-state index contributed by atoms with van der Waals surface area (Å²) >= 11 is 0. The molecule has 1 aliphatic heterocycles. The zero-order valence-electron chi connectivity index (χ0n) is 18.2. The second kappa shape index (κ2) is 8.45. The van der Waals surface area contributed by atoms with Gasteiger partial charge >= 0.3 is 0 Å². The van der Waals surface area contributed by atoms with E-state index in [4.69, 9.17) is 4.42 Å². The molecule has 5 rings (SSSR count). The number of aryl methyl sites for hydroxylation is 1. The molecule has 1 saturated heterocycles. The molecule has 1 fully saturated rings. The van der Waals surface area contributed by atoms with Crippen LogP contribution in [0.5, 0.6) is 0 Å². The monoisotopic (exact) mass is 430 g/mol. The molecule has 0 saturated carbocycles. The number of piperidine rings is 1. The van der Waals surface area contributed by atoms with Crippen molar-refractivity contribution in [3.8, 4) is 5.69 Å². The Labute approximate surface area is 186 Å². The van der Waals surface area contributed by atoms with Crippen LogP contribution in [-0.2, 0) is 0 Å². The van der Waals surface area contributed by atoms with Crippen molar-refractivity contribution in [1.29, 1.82) is 0 Å². The van der Waals surface area contributed by atoms with Crippen molar-refractivity contribution in [3.05, 3.63) is 66.0 Å². The summed E-state index contributed by atoms with van der Waals surface area (Å²) in [4.78, 5) is 21.8. The van der Waals surface area contributed by atoms with Gasteiger partial charge in [-0.05, 0) is 49.9 Å². The number of benzene rings is 2. The molecule has 0 bridgehead atoms. The zero-order chi connectivity index (χ0) is 22.1. The number of nitrogens with zero attached hydrogens (tertiary/aromatic N) is 5. The number of nitrogens with one attached hydrogen (secondary N) is 1. The smallest absolute Gasteiger partial charge is 0.295 e. The number of anilines is 1. The van der Waals surface area contributed by atoms with Crippen molar-refractivity contribution < 1.29 is 9.21 Å². The van der Waals surface area contributed by atoms with Gasteiger partial charge in [0.05, 0.1) is 29.7 Å². The summed E-state index contributed by atoms with van der Waals surface area (Å²) in [5, 5.41) is 11.8. The molecule has 32 heavy (non-hydrogen) atoms. The van der Waals surface area contributed by atoms with E-state index in [1.165, 1.54) is 4.80 Å². The highest BCUT2D eigenvalue weighted by Crippen LogP contribution is 2.28. The summed E-state index contributed by atoms with van der Waals surface area (Å²) in [5.41, 5.74) is 3.89. The zero-order valence-corrected chi connectivity index (χ0v) is 18.2. The van der Waals surface area contributed by atoms with Crippen LogP contribution in [0.1, 0.15) is 35.7 Å². The van der Waals surface area contributed by atoms with Crippen LogP contribution in [0.3, 0.4) is 0 Å². The Bertz CT molecular complexity index is 1200. The number of hydrogen-bond acceptors (Lipinski definition) is 6. The van der Waals surface area contributed by atoms with Gasteiger partial charge in [0.1, 0.15) is 5.52 Å². The molecule has 1 N–H and O–H groups in total. The third kappa shape index (κ3) is 3.84. The highest BCUT2D eigenvalue weighted by atomic mass is 16.4. The first-order chi connectivity index (χ1) is 15.6. The number of fused-ring (bicyclic) bond motifs is 1. The molecule has 3 heterocycles. The minimum atomic E-state index is -0.00286. The Morgan fingerprint density at radius 3 is 2.81 bits per heavy atom. The summed E-state index contributed by atoms with van der Waals surface area (Å²) in [7, 11) is 0. The van der Waals surface area contributed by atoms with E-state index in [1.807, 2.05) is 54.3 Å². The van der Waals surface area contributed by atoms with Gasteiger partial charge in [-0.15, -0.1) is 0 Å². The van der Waals surface area contributed by atoms with Gasteiger partial charge in [-0.2, -0.15) is 20.0 Å². The predicted molar refractivity (Wildman–Crippen MR) is 122 cm³/mol. The number of aromatic nitrogens is 4.